The van der Waals surface area contributed by atoms with Gasteiger partial charge in [-0.2, -0.15) is 0 Å². The number of rotatable bonds is 19. The molecule has 0 aromatic rings. The number of allylic oxidation sites excluding steroid dienone is 1. The summed E-state index contributed by atoms with van der Waals surface area (Å²) in [5.41, 5.74) is 2.38. The number of nitrogens with one attached hydrogen (secondary N) is 1. The van der Waals surface area contributed by atoms with Crippen LogP contribution in [0.4, 0.5) is 4.79 Å². The van der Waals surface area contributed by atoms with Crippen LogP contribution in [0.1, 0.15) is 112 Å². The molecule has 3 saturated carbocycles. The number of hydrogen-bond acceptors (Lipinski definition) is 6. The highest BCUT2D eigenvalue weighted by Crippen LogP contribution is 2.67. The van der Waals surface area contributed by atoms with Gasteiger partial charge in [-0.15, -0.1) is 0 Å². The number of amides is 1. The number of alkyl carbamates (subject to hydrolysis) is 1. The topological polar surface area (TPSA) is 75.3 Å². The van der Waals surface area contributed by atoms with Gasteiger partial charge in [0.1, 0.15) is 6.10 Å². The van der Waals surface area contributed by atoms with Crippen molar-refractivity contribution in [2.45, 2.75) is 118 Å². The zero-order chi connectivity index (χ0) is 32.3. The van der Waals surface area contributed by atoms with E-state index in [9.17, 15) is 4.79 Å². The van der Waals surface area contributed by atoms with Crippen molar-refractivity contribution < 1.29 is 28.5 Å². The lowest BCUT2D eigenvalue weighted by molar-refractivity contribution is -0.0581. The Balaban J connectivity index is 1.14. The zero-order valence-electron chi connectivity index (χ0n) is 29.7. The summed E-state index contributed by atoms with van der Waals surface area (Å²) >= 11 is 0. The minimum atomic E-state index is -0.289. The Morgan fingerprint density at radius 2 is 1.58 bits per heavy atom. The summed E-state index contributed by atoms with van der Waals surface area (Å²) < 4.78 is 27.3. The first-order valence-corrected chi connectivity index (χ1v) is 18.5. The average Bonchev–Trinajstić information content (AvgIpc) is 3.37. The third kappa shape index (κ3) is 9.70. The molecule has 4 aliphatic carbocycles. The van der Waals surface area contributed by atoms with Gasteiger partial charge in [-0.3, -0.25) is 0 Å². The van der Waals surface area contributed by atoms with Crippen LogP contribution in [0.5, 0.6) is 0 Å². The standard InChI is InChI=1S/C38H67NO6/c1-28(2)9-7-10-29(3)33-13-14-34-32-12-11-30-27-31(15-17-37(30,4)35(32)16-18-38(33,34)5)45-36(40)39-19-8-20-42-23-24-44-26-25-43-22-21-41-6/h11,28-29,31-35H,7-10,12-27H2,1-6H3,(H,39,40)/t29-,31+,32?,33?,34?,35?,37+,38-/m1/s1. The molecule has 8 atom stereocenters. The molecule has 0 heterocycles. The van der Waals surface area contributed by atoms with Crippen molar-refractivity contribution in [1.29, 1.82) is 0 Å². The van der Waals surface area contributed by atoms with Crippen molar-refractivity contribution in [3.63, 3.8) is 0 Å². The van der Waals surface area contributed by atoms with Gasteiger partial charge in [0.15, 0.2) is 0 Å². The van der Waals surface area contributed by atoms with E-state index in [0.717, 1.165) is 61.2 Å². The smallest absolute Gasteiger partial charge is 0.407 e. The molecule has 4 aliphatic rings. The SMILES string of the molecule is COCCOCCOCCOCCCNC(=O)O[C@H]1CC[C@@]2(C)C(=CCC3C4CCC([C@H](C)CCCC(C)C)[C@@]4(C)CCC32)C1. The van der Waals surface area contributed by atoms with Crippen molar-refractivity contribution in [2.75, 3.05) is 59.9 Å². The lowest BCUT2D eigenvalue weighted by atomic mass is 9.47. The van der Waals surface area contributed by atoms with E-state index in [1.807, 2.05) is 0 Å². The molecule has 0 aromatic carbocycles. The van der Waals surface area contributed by atoms with E-state index in [2.05, 4.69) is 46.0 Å². The highest BCUT2D eigenvalue weighted by molar-refractivity contribution is 5.67. The Hall–Kier alpha value is -1.15. The molecule has 0 spiro atoms. The normalized spacial score (nSPS) is 33.2. The maximum absolute atomic E-state index is 12.6. The molecular formula is C38H67NO6. The van der Waals surface area contributed by atoms with E-state index in [0.29, 0.717) is 58.2 Å². The Kier molecular flexibility index (Phi) is 14.5. The fraction of sp³-hybridized carbons (Fsp3) is 0.921. The van der Waals surface area contributed by atoms with Crippen LogP contribution in [0.25, 0.3) is 0 Å². The molecule has 45 heavy (non-hydrogen) atoms. The van der Waals surface area contributed by atoms with Crippen molar-refractivity contribution in [1.82, 2.24) is 5.32 Å². The summed E-state index contributed by atoms with van der Waals surface area (Å²) in [7, 11) is 1.66. The minimum Gasteiger partial charge on any atom is -0.446 e. The molecule has 4 rings (SSSR count). The molecule has 1 amide bonds. The van der Waals surface area contributed by atoms with Crippen LogP contribution >= 0.6 is 0 Å². The quantitative estimate of drug-likeness (QED) is 0.114. The van der Waals surface area contributed by atoms with Crippen molar-refractivity contribution >= 4 is 6.09 Å². The van der Waals surface area contributed by atoms with E-state index < -0.39 is 0 Å². The predicted molar refractivity (Wildman–Crippen MR) is 180 cm³/mol. The molecule has 7 heteroatoms. The van der Waals surface area contributed by atoms with Crippen LogP contribution in [0.2, 0.25) is 0 Å². The highest BCUT2D eigenvalue weighted by Gasteiger charge is 2.59. The predicted octanol–water partition coefficient (Wildman–Crippen LogP) is 8.21. The molecule has 0 aliphatic heterocycles. The molecule has 0 aromatic heterocycles. The van der Waals surface area contributed by atoms with Crippen molar-refractivity contribution in [3.05, 3.63) is 11.6 Å². The molecule has 1 N–H and O–H groups in total. The van der Waals surface area contributed by atoms with Gasteiger partial charge >= 0.3 is 6.09 Å². The number of methoxy groups -OCH3 is 1. The van der Waals surface area contributed by atoms with Gasteiger partial charge in [0.25, 0.3) is 0 Å². The van der Waals surface area contributed by atoms with Crippen molar-refractivity contribution in [3.8, 4) is 0 Å². The summed E-state index contributed by atoms with van der Waals surface area (Å²) in [6.45, 7) is 17.1. The Morgan fingerprint density at radius 3 is 2.29 bits per heavy atom. The van der Waals surface area contributed by atoms with Gasteiger partial charge in [0.05, 0.1) is 39.6 Å². The van der Waals surface area contributed by atoms with Crippen LogP contribution in [0.3, 0.4) is 0 Å². The Bertz CT molecular complexity index is 924. The second-order valence-electron chi connectivity index (χ2n) is 15.7. The average molecular weight is 634 g/mol. The molecule has 0 radical (unpaired) electrons. The molecule has 3 fully saturated rings. The van der Waals surface area contributed by atoms with E-state index in [1.54, 1.807) is 12.7 Å². The number of fused-ring (bicyclic) bond motifs is 5. The molecule has 260 valence electrons. The first-order valence-electron chi connectivity index (χ1n) is 18.5. The van der Waals surface area contributed by atoms with Gasteiger partial charge in [-0.1, -0.05) is 65.5 Å². The Morgan fingerprint density at radius 1 is 0.867 bits per heavy atom. The van der Waals surface area contributed by atoms with Crippen LogP contribution in [0.15, 0.2) is 11.6 Å². The molecule has 7 nitrogen and oxygen atoms in total. The number of carbonyl (C=O) groups excluding carboxylic acids is 1. The second-order valence-corrected chi connectivity index (χ2v) is 15.7. The maximum Gasteiger partial charge on any atom is 0.407 e. The van der Waals surface area contributed by atoms with Crippen LogP contribution in [-0.2, 0) is 23.7 Å². The summed E-state index contributed by atoms with van der Waals surface area (Å²) in [5, 5.41) is 2.93. The summed E-state index contributed by atoms with van der Waals surface area (Å²) in [4.78, 5) is 12.6. The second kappa shape index (κ2) is 17.8. The lowest BCUT2D eigenvalue weighted by Gasteiger charge is -2.58. The van der Waals surface area contributed by atoms with Gasteiger partial charge in [0.2, 0.25) is 0 Å². The number of carbonyl (C=O) groups is 1. The number of ether oxygens (including phenoxy) is 5. The van der Waals surface area contributed by atoms with Crippen molar-refractivity contribution in [2.24, 2.45) is 46.3 Å². The fourth-order valence-corrected chi connectivity index (χ4v) is 9.99. The minimum absolute atomic E-state index is 0.0100. The molecule has 0 saturated heterocycles. The van der Waals surface area contributed by atoms with Gasteiger partial charge in [-0.25, -0.2) is 4.79 Å². The lowest BCUT2D eigenvalue weighted by Crippen LogP contribution is -2.51. The van der Waals surface area contributed by atoms with E-state index in [-0.39, 0.29) is 17.6 Å². The number of hydrogen-bond donors (Lipinski definition) is 1. The largest absolute Gasteiger partial charge is 0.446 e. The van der Waals surface area contributed by atoms with Crippen LogP contribution in [0, 0.1) is 46.3 Å². The molecular weight excluding hydrogens is 566 g/mol. The summed E-state index contributed by atoms with van der Waals surface area (Å²) in [6.07, 6.45) is 17.1. The highest BCUT2D eigenvalue weighted by atomic mass is 16.6. The zero-order valence-corrected chi connectivity index (χ0v) is 29.7. The first kappa shape index (κ1) is 36.7. The third-order valence-electron chi connectivity index (χ3n) is 12.4. The Labute approximate surface area is 275 Å². The van der Waals surface area contributed by atoms with E-state index in [4.69, 9.17) is 23.7 Å². The first-order chi connectivity index (χ1) is 21.7. The molecule has 4 unspecified atom stereocenters. The third-order valence-corrected chi connectivity index (χ3v) is 12.4. The summed E-state index contributed by atoms with van der Waals surface area (Å²) in [5.74, 6) is 5.09. The monoisotopic (exact) mass is 633 g/mol. The summed E-state index contributed by atoms with van der Waals surface area (Å²) in [6, 6.07) is 0. The van der Waals surface area contributed by atoms with Crippen LogP contribution < -0.4 is 5.32 Å². The van der Waals surface area contributed by atoms with E-state index >= 15 is 0 Å². The van der Waals surface area contributed by atoms with E-state index in [1.165, 1.54) is 51.4 Å². The molecule has 0 bridgehead atoms. The maximum atomic E-state index is 12.6. The van der Waals surface area contributed by atoms with Gasteiger partial charge < -0.3 is 29.0 Å². The van der Waals surface area contributed by atoms with Gasteiger partial charge in [0, 0.05) is 26.7 Å². The van der Waals surface area contributed by atoms with Gasteiger partial charge in [-0.05, 0) is 97.7 Å². The van der Waals surface area contributed by atoms with Crippen LogP contribution in [-0.4, -0.2) is 72.1 Å². The fourth-order valence-electron chi connectivity index (χ4n) is 9.99.